The van der Waals surface area contributed by atoms with E-state index in [1.165, 1.54) is 6.92 Å². The largest absolute Gasteiger partial charge is 0.411 e. The number of hydrogen-bond donors (Lipinski definition) is 2. The molecule has 0 radical (unpaired) electrons. The SMILES string of the molecule is CC(=O)Nc1ccc(NC(=O)CSc2nnc(-c3ccc4ncccc4c3)o2)cc1. The summed E-state index contributed by atoms with van der Waals surface area (Å²) in [5.41, 5.74) is 2.97. The fraction of sp³-hybridized carbons (Fsp3) is 0.0952. The normalized spacial score (nSPS) is 10.7. The Morgan fingerprint density at radius 2 is 1.77 bits per heavy atom. The second-order valence-electron chi connectivity index (χ2n) is 6.38. The van der Waals surface area contributed by atoms with Crippen molar-refractivity contribution in [2.45, 2.75) is 12.1 Å². The predicted molar refractivity (Wildman–Crippen MR) is 115 cm³/mol. The van der Waals surface area contributed by atoms with Crippen LogP contribution in [0.1, 0.15) is 6.92 Å². The summed E-state index contributed by atoms with van der Waals surface area (Å²) in [6.45, 7) is 1.44. The van der Waals surface area contributed by atoms with E-state index in [1.54, 1.807) is 30.5 Å². The predicted octanol–water partition coefficient (Wildman–Crippen LogP) is 3.97. The molecule has 0 unspecified atom stereocenters. The minimum absolute atomic E-state index is 0.122. The number of carbonyl (C=O) groups excluding carboxylic acids is 2. The number of carbonyl (C=O) groups is 2. The van der Waals surface area contributed by atoms with Gasteiger partial charge in [0.2, 0.25) is 17.7 Å². The van der Waals surface area contributed by atoms with Crippen molar-refractivity contribution in [3.63, 3.8) is 0 Å². The molecule has 2 amide bonds. The number of amides is 2. The molecule has 30 heavy (non-hydrogen) atoms. The van der Waals surface area contributed by atoms with Crippen LogP contribution in [0.25, 0.3) is 22.4 Å². The van der Waals surface area contributed by atoms with Crippen molar-refractivity contribution in [2.75, 3.05) is 16.4 Å². The van der Waals surface area contributed by atoms with Gasteiger partial charge in [-0.3, -0.25) is 14.6 Å². The molecule has 9 heteroatoms. The molecular formula is C21H17N5O3S. The Kier molecular flexibility index (Phi) is 5.71. The number of rotatable bonds is 6. The van der Waals surface area contributed by atoms with E-state index >= 15 is 0 Å². The van der Waals surface area contributed by atoms with Crippen LogP contribution < -0.4 is 10.6 Å². The van der Waals surface area contributed by atoms with E-state index in [9.17, 15) is 9.59 Å². The maximum atomic E-state index is 12.2. The van der Waals surface area contributed by atoms with Crippen LogP contribution in [0.15, 0.2) is 70.4 Å². The van der Waals surface area contributed by atoms with Crippen LogP contribution in [-0.2, 0) is 9.59 Å². The van der Waals surface area contributed by atoms with E-state index in [0.717, 1.165) is 28.2 Å². The first-order chi connectivity index (χ1) is 14.6. The highest BCUT2D eigenvalue weighted by Gasteiger charge is 2.12. The van der Waals surface area contributed by atoms with Crippen molar-refractivity contribution in [1.82, 2.24) is 15.2 Å². The molecule has 0 fully saturated rings. The van der Waals surface area contributed by atoms with Gasteiger partial charge in [0, 0.05) is 35.4 Å². The molecule has 0 aliphatic carbocycles. The maximum Gasteiger partial charge on any atom is 0.277 e. The Hall–Kier alpha value is -3.72. The molecule has 0 bridgehead atoms. The average Bonchev–Trinajstić information content (AvgIpc) is 3.22. The first-order valence-corrected chi connectivity index (χ1v) is 10.0. The number of anilines is 2. The smallest absolute Gasteiger partial charge is 0.277 e. The van der Waals surface area contributed by atoms with Crippen molar-refractivity contribution in [3.05, 3.63) is 60.8 Å². The van der Waals surface area contributed by atoms with Crippen LogP contribution in [-0.4, -0.2) is 32.7 Å². The van der Waals surface area contributed by atoms with Crippen LogP contribution in [0.3, 0.4) is 0 Å². The minimum atomic E-state index is -0.205. The van der Waals surface area contributed by atoms with E-state index < -0.39 is 0 Å². The van der Waals surface area contributed by atoms with E-state index in [4.69, 9.17) is 4.42 Å². The summed E-state index contributed by atoms with van der Waals surface area (Å²) in [5, 5.41) is 14.8. The number of nitrogens with zero attached hydrogens (tertiary/aromatic N) is 3. The summed E-state index contributed by atoms with van der Waals surface area (Å²) in [6, 6.07) is 16.4. The average molecular weight is 419 g/mol. The van der Waals surface area contributed by atoms with Gasteiger partial charge in [-0.1, -0.05) is 17.8 Å². The van der Waals surface area contributed by atoms with Gasteiger partial charge in [-0.05, 0) is 48.5 Å². The first-order valence-electron chi connectivity index (χ1n) is 9.06. The molecule has 150 valence electrons. The van der Waals surface area contributed by atoms with E-state index in [0.29, 0.717) is 22.5 Å². The van der Waals surface area contributed by atoms with Gasteiger partial charge >= 0.3 is 0 Å². The Morgan fingerprint density at radius 3 is 2.53 bits per heavy atom. The summed E-state index contributed by atoms with van der Waals surface area (Å²) in [7, 11) is 0. The van der Waals surface area contributed by atoms with Gasteiger partial charge in [-0.15, -0.1) is 10.2 Å². The topological polar surface area (TPSA) is 110 Å². The lowest BCUT2D eigenvalue weighted by Crippen LogP contribution is -2.14. The van der Waals surface area contributed by atoms with Gasteiger partial charge < -0.3 is 15.1 Å². The molecule has 2 N–H and O–H groups in total. The summed E-state index contributed by atoms with van der Waals surface area (Å²) in [4.78, 5) is 27.5. The standard InChI is InChI=1S/C21H17N5O3S/c1-13(27)23-16-5-7-17(8-6-16)24-19(28)12-30-21-26-25-20(29-21)15-4-9-18-14(11-15)3-2-10-22-18/h2-11H,12H2,1H3,(H,23,27)(H,24,28). The van der Waals surface area contributed by atoms with Crippen molar-refractivity contribution < 1.29 is 14.0 Å². The third kappa shape index (κ3) is 4.81. The second kappa shape index (κ2) is 8.75. The molecule has 0 saturated carbocycles. The molecule has 2 aromatic carbocycles. The lowest BCUT2D eigenvalue weighted by atomic mass is 10.1. The van der Waals surface area contributed by atoms with Crippen LogP contribution in [0.4, 0.5) is 11.4 Å². The van der Waals surface area contributed by atoms with Crippen molar-refractivity contribution in [3.8, 4) is 11.5 Å². The molecule has 2 heterocycles. The number of aromatic nitrogens is 3. The summed E-state index contributed by atoms with van der Waals surface area (Å²) in [5.74, 6) is 0.153. The van der Waals surface area contributed by atoms with Gasteiger partial charge in [0.05, 0.1) is 11.3 Å². The molecule has 8 nitrogen and oxygen atoms in total. The molecule has 0 atom stereocenters. The molecule has 0 saturated heterocycles. The van der Waals surface area contributed by atoms with Crippen molar-refractivity contribution in [2.24, 2.45) is 0 Å². The summed E-state index contributed by atoms with van der Waals surface area (Å²) >= 11 is 1.16. The Bertz CT molecular complexity index is 1210. The number of fused-ring (bicyclic) bond motifs is 1. The molecule has 0 aliphatic heterocycles. The summed E-state index contributed by atoms with van der Waals surface area (Å²) in [6.07, 6.45) is 1.74. The highest BCUT2D eigenvalue weighted by atomic mass is 32.2. The van der Waals surface area contributed by atoms with Gasteiger partial charge in [0.1, 0.15) is 0 Å². The molecule has 0 aliphatic rings. The zero-order valence-electron chi connectivity index (χ0n) is 16.0. The second-order valence-corrected chi connectivity index (χ2v) is 7.31. The Morgan fingerprint density at radius 1 is 1.00 bits per heavy atom. The van der Waals surface area contributed by atoms with E-state index in [1.807, 2.05) is 30.3 Å². The summed E-state index contributed by atoms with van der Waals surface area (Å²) < 4.78 is 5.67. The van der Waals surface area contributed by atoms with Gasteiger partial charge in [-0.25, -0.2) is 0 Å². The first kappa shape index (κ1) is 19.6. The van der Waals surface area contributed by atoms with Gasteiger partial charge in [0.15, 0.2) is 0 Å². The number of hydrogen-bond acceptors (Lipinski definition) is 7. The Balaban J connectivity index is 1.34. The van der Waals surface area contributed by atoms with Crippen LogP contribution >= 0.6 is 11.8 Å². The maximum absolute atomic E-state index is 12.2. The van der Waals surface area contributed by atoms with E-state index in [-0.39, 0.29) is 17.6 Å². The molecular weight excluding hydrogens is 402 g/mol. The van der Waals surface area contributed by atoms with Gasteiger partial charge in [0.25, 0.3) is 5.22 Å². The highest BCUT2D eigenvalue weighted by Crippen LogP contribution is 2.25. The fourth-order valence-electron chi connectivity index (χ4n) is 2.76. The van der Waals surface area contributed by atoms with Crippen LogP contribution in [0, 0.1) is 0 Å². The molecule has 4 aromatic rings. The Labute approximate surface area is 176 Å². The third-order valence-electron chi connectivity index (χ3n) is 4.07. The minimum Gasteiger partial charge on any atom is -0.411 e. The third-order valence-corrected chi connectivity index (χ3v) is 4.89. The lowest BCUT2D eigenvalue weighted by molar-refractivity contribution is -0.114. The quantitative estimate of drug-likeness (QED) is 0.455. The lowest BCUT2D eigenvalue weighted by Gasteiger charge is -2.06. The number of thioether (sulfide) groups is 1. The van der Waals surface area contributed by atoms with Crippen LogP contribution in [0.5, 0.6) is 0 Å². The zero-order chi connectivity index (χ0) is 20.9. The highest BCUT2D eigenvalue weighted by molar-refractivity contribution is 7.99. The van der Waals surface area contributed by atoms with Crippen molar-refractivity contribution >= 4 is 45.9 Å². The molecule has 0 spiro atoms. The van der Waals surface area contributed by atoms with Gasteiger partial charge in [-0.2, -0.15) is 0 Å². The zero-order valence-corrected chi connectivity index (χ0v) is 16.8. The van der Waals surface area contributed by atoms with E-state index in [2.05, 4.69) is 25.8 Å². The van der Waals surface area contributed by atoms with Crippen molar-refractivity contribution in [1.29, 1.82) is 0 Å². The monoisotopic (exact) mass is 419 g/mol. The fourth-order valence-corrected chi connectivity index (χ4v) is 3.32. The number of nitrogens with one attached hydrogen (secondary N) is 2. The van der Waals surface area contributed by atoms with Crippen LogP contribution in [0.2, 0.25) is 0 Å². The molecule has 4 rings (SSSR count). The number of benzene rings is 2. The number of pyridine rings is 1. The molecule has 2 aromatic heterocycles.